The smallest absolute Gasteiger partial charge is 0.00706 e. The zero-order chi connectivity index (χ0) is 8.81. The largest absolute Gasteiger partial charge is 0.320 e. The molecule has 0 amide bonds. The van der Waals surface area contributed by atoms with Crippen LogP contribution in [-0.4, -0.2) is 25.7 Å². The molecule has 1 aliphatic rings. The summed E-state index contributed by atoms with van der Waals surface area (Å²) in [6, 6.07) is 1.60. The molecule has 0 aromatic carbocycles. The van der Waals surface area contributed by atoms with Gasteiger partial charge in [0, 0.05) is 12.1 Å². The molecule has 0 saturated heterocycles. The highest BCUT2D eigenvalue weighted by atomic mass is 15.0. The number of nitrogens with one attached hydrogen (secondary N) is 2. The van der Waals surface area contributed by atoms with Gasteiger partial charge in [-0.1, -0.05) is 6.42 Å². The molecule has 1 rings (SSSR count). The zero-order valence-electron chi connectivity index (χ0n) is 8.40. The second kappa shape index (κ2) is 5.55. The lowest BCUT2D eigenvalue weighted by Gasteiger charge is -2.12. The van der Waals surface area contributed by atoms with E-state index in [-0.39, 0.29) is 0 Å². The van der Waals surface area contributed by atoms with Crippen LogP contribution < -0.4 is 10.6 Å². The average Bonchev–Trinajstić information content (AvgIpc) is 2.82. The Bertz CT molecular complexity index is 110. The molecule has 72 valence electrons. The monoisotopic (exact) mass is 170 g/mol. The molecule has 1 atom stereocenters. The molecular weight excluding hydrogens is 148 g/mol. The minimum Gasteiger partial charge on any atom is -0.320 e. The van der Waals surface area contributed by atoms with Crippen molar-refractivity contribution in [3.8, 4) is 0 Å². The summed E-state index contributed by atoms with van der Waals surface area (Å²) in [4.78, 5) is 0. The van der Waals surface area contributed by atoms with Gasteiger partial charge in [-0.25, -0.2) is 0 Å². The summed E-state index contributed by atoms with van der Waals surface area (Å²) in [5.74, 6) is 0. The molecule has 0 radical (unpaired) electrons. The Hall–Kier alpha value is -0.0800. The van der Waals surface area contributed by atoms with Crippen LogP contribution >= 0.6 is 0 Å². The van der Waals surface area contributed by atoms with Crippen molar-refractivity contribution < 1.29 is 0 Å². The van der Waals surface area contributed by atoms with Crippen LogP contribution in [0.1, 0.15) is 39.0 Å². The first kappa shape index (κ1) is 10.0. The molecular formula is C10H22N2. The average molecular weight is 170 g/mol. The quantitative estimate of drug-likeness (QED) is 0.566. The van der Waals surface area contributed by atoms with Crippen LogP contribution in [0, 0.1) is 0 Å². The van der Waals surface area contributed by atoms with Crippen LogP contribution in [-0.2, 0) is 0 Å². The molecule has 2 heteroatoms. The molecule has 0 spiro atoms. The molecule has 0 aromatic rings. The van der Waals surface area contributed by atoms with Crippen molar-refractivity contribution in [3.05, 3.63) is 0 Å². The van der Waals surface area contributed by atoms with Crippen LogP contribution in [0.4, 0.5) is 0 Å². The lowest BCUT2D eigenvalue weighted by atomic mass is 10.1. The number of hydrogen-bond donors (Lipinski definition) is 2. The molecule has 2 N–H and O–H groups in total. The number of hydrogen-bond acceptors (Lipinski definition) is 2. The van der Waals surface area contributed by atoms with Crippen molar-refractivity contribution >= 4 is 0 Å². The van der Waals surface area contributed by atoms with Crippen molar-refractivity contribution in [2.45, 2.75) is 51.1 Å². The van der Waals surface area contributed by atoms with Crippen LogP contribution in [0.2, 0.25) is 0 Å². The summed E-state index contributed by atoms with van der Waals surface area (Å²) in [5.41, 5.74) is 0. The van der Waals surface area contributed by atoms with Gasteiger partial charge in [-0.2, -0.15) is 0 Å². The van der Waals surface area contributed by atoms with E-state index in [0.717, 1.165) is 18.6 Å². The number of rotatable bonds is 7. The first-order valence-electron chi connectivity index (χ1n) is 5.23. The zero-order valence-corrected chi connectivity index (χ0v) is 8.40. The Labute approximate surface area is 76.1 Å². The molecule has 1 saturated carbocycles. The Kier molecular flexibility index (Phi) is 4.62. The van der Waals surface area contributed by atoms with Gasteiger partial charge in [0.25, 0.3) is 0 Å². The fourth-order valence-corrected chi connectivity index (χ4v) is 1.49. The highest BCUT2D eigenvalue weighted by molar-refractivity contribution is 4.83. The summed E-state index contributed by atoms with van der Waals surface area (Å²) >= 11 is 0. The SMILES string of the molecule is CNCCCCC(C)NC1CC1. The highest BCUT2D eigenvalue weighted by Crippen LogP contribution is 2.20. The molecule has 0 bridgehead atoms. The normalized spacial score (nSPS) is 19.5. The van der Waals surface area contributed by atoms with Gasteiger partial charge >= 0.3 is 0 Å². The Morgan fingerprint density at radius 1 is 1.33 bits per heavy atom. The minimum absolute atomic E-state index is 0.731. The fourth-order valence-electron chi connectivity index (χ4n) is 1.49. The Morgan fingerprint density at radius 3 is 2.67 bits per heavy atom. The molecule has 0 aromatic heterocycles. The maximum Gasteiger partial charge on any atom is 0.00706 e. The first-order chi connectivity index (χ1) is 5.83. The standard InChI is InChI=1S/C10H22N2/c1-9(12-10-6-7-10)5-3-4-8-11-2/h9-12H,3-8H2,1-2H3. The first-order valence-corrected chi connectivity index (χ1v) is 5.23. The summed E-state index contributed by atoms with van der Waals surface area (Å²) in [5, 5.41) is 6.78. The van der Waals surface area contributed by atoms with Gasteiger partial charge in [0.1, 0.15) is 0 Å². The molecule has 1 fully saturated rings. The molecule has 12 heavy (non-hydrogen) atoms. The van der Waals surface area contributed by atoms with Gasteiger partial charge in [0.2, 0.25) is 0 Å². The number of unbranched alkanes of at least 4 members (excludes halogenated alkanes) is 1. The van der Waals surface area contributed by atoms with Gasteiger partial charge in [0.15, 0.2) is 0 Å². The maximum absolute atomic E-state index is 3.61. The third-order valence-electron chi connectivity index (χ3n) is 2.41. The van der Waals surface area contributed by atoms with E-state index in [1.807, 2.05) is 7.05 Å². The van der Waals surface area contributed by atoms with Crippen molar-refractivity contribution in [2.24, 2.45) is 0 Å². The van der Waals surface area contributed by atoms with E-state index in [9.17, 15) is 0 Å². The second-order valence-electron chi connectivity index (χ2n) is 3.94. The van der Waals surface area contributed by atoms with Gasteiger partial charge in [-0.05, 0) is 46.2 Å². The van der Waals surface area contributed by atoms with Crippen LogP contribution in [0.15, 0.2) is 0 Å². The molecule has 2 nitrogen and oxygen atoms in total. The van der Waals surface area contributed by atoms with E-state index in [1.54, 1.807) is 0 Å². The predicted octanol–water partition coefficient (Wildman–Crippen LogP) is 1.52. The highest BCUT2D eigenvalue weighted by Gasteiger charge is 2.22. The molecule has 0 aliphatic heterocycles. The maximum atomic E-state index is 3.61. The van der Waals surface area contributed by atoms with Crippen molar-refractivity contribution in [1.29, 1.82) is 0 Å². The van der Waals surface area contributed by atoms with Crippen LogP contribution in [0.25, 0.3) is 0 Å². The van der Waals surface area contributed by atoms with Gasteiger partial charge in [-0.3, -0.25) is 0 Å². The van der Waals surface area contributed by atoms with Crippen molar-refractivity contribution in [3.63, 3.8) is 0 Å². The van der Waals surface area contributed by atoms with Crippen molar-refractivity contribution in [1.82, 2.24) is 10.6 Å². The topological polar surface area (TPSA) is 24.1 Å². The van der Waals surface area contributed by atoms with Gasteiger partial charge < -0.3 is 10.6 Å². The molecule has 1 aliphatic carbocycles. The van der Waals surface area contributed by atoms with E-state index >= 15 is 0 Å². The van der Waals surface area contributed by atoms with E-state index in [0.29, 0.717) is 0 Å². The van der Waals surface area contributed by atoms with E-state index < -0.39 is 0 Å². The minimum atomic E-state index is 0.731. The van der Waals surface area contributed by atoms with Gasteiger partial charge in [0.05, 0.1) is 0 Å². The second-order valence-corrected chi connectivity index (χ2v) is 3.94. The third-order valence-corrected chi connectivity index (χ3v) is 2.41. The van der Waals surface area contributed by atoms with E-state index in [2.05, 4.69) is 17.6 Å². The molecule has 0 heterocycles. The Morgan fingerprint density at radius 2 is 2.08 bits per heavy atom. The summed E-state index contributed by atoms with van der Waals surface area (Å²) in [6.07, 6.45) is 6.80. The van der Waals surface area contributed by atoms with Crippen LogP contribution in [0.5, 0.6) is 0 Å². The lowest BCUT2D eigenvalue weighted by Crippen LogP contribution is -2.27. The van der Waals surface area contributed by atoms with E-state index in [1.165, 1.54) is 32.1 Å². The van der Waals surface area contributed by atoms with E-state index in [4.69, 9.17) is 0 Å². The van der Waals surface area contributed by atoms with Crippen LogP contribution in [0.3, 0.4) is 0 Å². The molecule has 1 unspecified atom stereocenters. The summed E-state index contributed by atoms with van der Waals surface area (Å²) in [7, 11) is 2.02. The predicted molar refractivity (Wildman–Crippen MR) is 53.4 cm³/mol. The lowest BCUT2D eigenvalue weighted by molar-refractivity contribution is 0.484. The summed E-state index contributed by atoms with van der Waals surface area (Å²) < 4.78 is 0. The van der Waals surface area contributed by atoms with Crippen molar-refractivity contribution in [2.75, 3.05) is 13.6 Å². The summed E-state index contributed by atoms with van der Waals surface area (Å²) in [6.45, 7) is 3.47. The third kappa shape index (κ3) is 4.73. The van der Waals surface area contributed by atoms with Gasteiger partial charge in [-0.15, -0.1) is 0 Å². The fraction of sp³-hybridized carbons (Fsp3) is 1.00. The Balaban J connectivity index is 1.83.